The molecule has 0 spiro atoms. The van der Waals surface area contributed by atoms with E-state index in [9.17, 15) is 13.6 Å². The second-order valence-electron chi connectivity index (χ2n) is 4.00. The Morgan fingerprint density at radius 3 is 3.00 bits per heavy atom. The average Bonchev–Trinajstić information content (AvgIpc) is 2.77. The van der Waals surface area contributed by atoms with Crippen molar-refractivity contribution in [1.29, 1.82) is 0 Å². The van der Waals surface area contributed by atoms with E-state index in [4.69, 9.17) is 5.11 Å². The maximum atomic E-state index is 12.0. The van der Waals surface area contributed by atoms with Gasteiger partial charge in [-0.15, -0.1) is 0 Å². The van der Waals surface area contributed by atoms with Crippen LogP contribution in [0.1, 0.15) is 6.42 Å². The van der Waals surface area contributed by atoms with Gasteiger partial charge in [-0.05, 0) is 12.5 Å². The molecule has 0 radical (unpaired) electrons. The third kappa shape index (κ3) is 2.85. The first kappa shape index (κ1) is 12.5. The maximum absolute atomic E-state index is 12.0. The van der Waals surface area contributed by atoms with Crippen LogP contribution in [0.3, 0.4) is 0 Å². The molecular formula is C11H12F2N2O3. The standard InChI is InChI=1S/C11H12F2N2O3/c12-11(13)18-9-5-8(1-3-14-9)15-4-2-7(6-15)10(16)17/h1,3,5,7,11H,2,4,6H2,(H,16,17)/t7-/m1/s1. The van der Waals surface area contributed by atoms with E-state index in [2.05, 4.69) is 9.72 Å². The van der Waals surface area contributed by atoms with E-state index in [0.29, 0.717) is 25.2 Å². The Kier molecular flexibility index (Phi) is 3.59. The molecule has 0 saturated carbocycles. The molecule has 0 bridgehead atoms. The van der Waals surface area contributed by atoms with Gasteiger partial charge in [-0.2, -0.15) is 8.78 Å². The van der Waals surface area contributed by atoms with Gasteiger partial charge in [0.25, 0.3) is 0 Å². The van der Waals surface area contributed by atoms with Crippen LogP contribution in [0.5, 0.6) is 5.88 Å². The quantitative estimate of drug-likeness (QED) is 0.888. The number of pyridine rings is 1. The molecule has 0 amide bonds. The van der Waals surface area contributed by atoms with Gasteiger partial charge in [-0.25, -0.2) is 4.98 Å². The number of hydrogen-bond donors (Lipinski definition) is 1. The van der Waals surface area contributed by atoms with E-state index in [0.717, 1.165) is 0 Å². The van der Waals surface area contributed by atoms with Crippen LogP contribution in [-0.4, -0.2) is 35.8 Å². The van der Waals surface area contributed by atoms with Gasteiger partial charge in [-0.1, -0.05) is 0 Å². The molecule has 1 aliphatic rings. The molecule has 1 saturated heterocycles. The topological polar surface area (TPSA) is 62.7 Å². The van der Waals surface area contributed by atoms with Crippen LogP contribution in [0.15, 0.2) is 18.3 Å². The van der Waals surface area contributed by atoms with Gasteiger partial charge in [0.05, 0.1) is 5.92 Å². The number of aromatic nitrogens is 1. The van der Waals surface area contributed by atoms with E-state index in [1.807, 2.05) is 4.90 Å². The lowest BCUT2D eigenvalue weighted by atomic mass is 10.1. The Labute approximate surface area is 102 Å². The summed E-state index contributed by atoms with van der Waals surface area (Å²) in [7, 11) is 0. The monoisotopic (exact) mass is 258 g/mol. The zero-order valence-corrected chi connectivity index (χ0v) is 9.42. The zero-order chi connectivity index (χ0) is 13.1. The van der Waals surface area contributed by atoms with Crippen molar-refractivity contribution in [2.24, 2.45) is 5.92 Å². The summed E-state index contributed by atoms with van der Waals surface area (Å²) in [6.07, 6.45) is 1.91. The van der Waals surface area contributed by atoms with E-state index in [-0.39, 0.29) is 5.88 Å². The summed E-state index contributed by atoms with van der Waals surface area (Å²) in [5.41, 5.74) is 0.643. The first-order valence-corrected chi connectivity index (χ1v) is 5.45. The minimum Gasteiger partial charge on any atom is -0.481 e. The Bertz CT molecular complexity index is 442. The predicted octanol–water partition coefficient (Wildman–Crippen LogP) is 1.59. The minimum atomic E-state index is -2.92. The molecule has 0 aliphatic carbocycles. The largest absolute Gasteiger partial charge is 0.481 e. The lowest BCUT2D eigenvalue weighted by Gasteiger charge is -2.18. The summed E-state index contributed by atoms with van der Waals surface area (Å²) in [6.45, 7) is -1.97. The summed E-state index contributed by atoms with van der Waals surface area (Å²) in [5, 5.41) is 8.89. The SMILES string of the molecule is O=C(O)[C@@H]1CCN(c2ccnc(OC(F)F)c2)C1. The number of anilines is 1. The molecule has 1 aliphatic heterocycles. The highest BCUT2D eigenvalue weighted by Gasteiger charge is 2.28. The molecule has 5 nitrogen and oxygen atoms in total. The number of alkyl halides is 2. The molecule has 2 rings (SSSR count). The first-order valence-electron chi connectivity index (χ1n) is 5.45. The zero-order valence-electron chi connectivity index (χ0n) is 9.42. The number of rotatable bonds is 4. The smallest absolute Gasteiger partial charge is 0.388 e. The molecule has 1 aromatic rings. The van der Waals surface area contributed by atoms with Gasteiger partial charge in [0.2, 0.25) is 5.88 Å². The highest BCUT2D eigenvalue weighted by molar-refractivity contribution is 5.72. The lowest BCUT2D eigenvalue weighted by molar-refractivity contribution is -0.140. The molecule has 2 heterocycles. The summed E-state index contributed by atoms with van der Waals surface area (Å²) in [5.74, 6) is -1.42. The van der Waals surface area contributed by atoms with Crippen molar-refractivity contribution in [3.63, 3.8) is 0 Å². The van der Waals surface area contributed by atoms with Gasteiger partial charge in [-0.3, -0.25) is 4.79 Å². The first-order chi connectivity index (χ1) is 8.56. The van der Waals surface area contributed by atoms with Gasteiger partial charge < -0.3 is 14.7 Å². The third-order valence-corrected chi connectivity index (χ3v) is 2.83. The fourth-order valence-electron chi connectivity index (χ4n) is 1.95. The van der Waals surface area contributed by atoms with Crippen molar-refractivity contribution in [3.8, 4) is 5.88 Å². The Balaban J connectivity index is 2.07. The molecule has 1 N–H and O–H groups in total. The van der Waals surface area contributed by atoms with Gasteiger partial charge in [0.1, 0.15) is 0 Å². The van der Waals surface area contributed by atoms with Crippen molar-refractivity contribution < 1.29 is 23.4 Å². The molecule has 98 valence electrons. The normalized spacial score (nSPS) is 19.3. The molecule has 0 aromatic carbocycles. The summed E-state index contributed by atoms with van der Waals surface area (Å²) in [6, 6.07) is 3.03. The number of carboxylic acid groups (broad SMARTS) is 1. The maximum Gasteiger partial charge on any atom is 0.388 e. The van der Waals surface area contributed by atoms with E-state index in [1.54, 1.807) is 6.07 Å². The predicted molar refractivity (Wildman–Crippen MR) is 58.8 cm³/mol. The second kappa shape index (κ2) is 5.16. The summed E-state index contributed by atoms with van der Waals surface area (Å²) < 4.78 is 28.3. The van der Waals surface area contributed by atoms with Gasteiger partial charge in [0, 0.05) is 31.0 Å². The molecule has 1 fully saturated rings. The fraction of sp³-hybridized carbons (Fsp3) is 0.455. The fourth-order valence-corrected chi connectivity index (χ4v) is 1.95. The van der Waals surface area contributed by atoms with Gasteiger partial charge in [0.15, 0.2) is 0 Å². The van der Waals surface area contributed by atoms with Crippen molar-refractivity contribution in [1.82, 2.24) is 4.98 Å². The highest BCUT2D eigenvalue weighted by atomic mass is 19.3. The number of nitrogens with zero attached hydrogens (tertiary/aromatic N) is 2. The molecule has 18 heavy (non-hydrogen) atoms. The Hall–Kier alpha value is -1.92. The Morgan fingerprint density at radius 1 is 1.61 bits per heavy atom. The highest BCUT2D eigenvalue weighted by Crippen LogP contribution is 2.26. The van der Waals surface area contributed by atoms with Crippen molar-refractivity contribution >= 4 is 11.7 Å². The van der Waals surface area contributed by atoms with Crippen LogP contribution < -0.4 is 9.64 Å². The minimum absolute atomic E-state index is 0.165. The third-order valence-electron chi connectivity index (χ3n) is 2.83. The number of hydrogen-bond acceptors (Lipinski definition) is 4. The van der Waals surface area contributed by atoms with Crippen LogP contribution in [0, 0.1) is 5.92 Å². The number of carbonyl (C=O) groups is 1. The van der Waals surface area contributed by atoms with E-state index < -0.39 is 18.5 Å². The number of ether oxygens (including phenoxy) is 1. The molecule has 1 aromatic heterocycles. The van der Waals surface area contributed by atoms with E-state index in [1.165, 1.54) is 12.3 Å². The number of halogens is 2. The van der Waals surface area contributed by atoms with Gasteiger partial charge >= 0.3 is 12.6 Å². The van der Waals surface area contributed by atoms with Crippen LogP contribution >= 0.6 is 0 Å². The lowest BCUT2D eigenvalue weighted by Crippen LogP contribution is -2.22. The summed E-state index contributed by atoms with van der Waals surface area (Å²) in [4.78, 5) is 16.3. The van der Waals surface area contributed by atoms with Crippen LogP contribution in [0.2, 0.25) is 0 Å². The van der Waals surface area contributed by atoms with Crippen molar-refractivity contribution in [2.75, 3.05) is 18.0 Å². The molecule has 7 heteroatoms. The Morgan fingerprint density at radius 2 is 2.39 bits per heavy atom. The molecule has 1 atom stereocenters. The molecule has 0 unspecified atom stereocenters. The molecular weight excluding hydrogens is 246 g/mol. The van der Waals surface area contributed by atoms with Crippen LogP contribution in [-0.2, 0) is 4.79 Å². The van der Waals surface area contributed by atoms with Crippen LogP contribution in [0.4, 0.5) is 14.5 Å². The second-order valence-corrected chi connectivity index (χ2v) is 4.00. The van der Waals surface area contributed by atoms with Crippen molar-refractivity contribution in [3.05, 3.63) is 18.3 Å². The van der Waals surface area contributed by atoms with E-state index >= 15 is 0 Å². The number of carboxylic acids is 1. The average molecular weight is 258 g/mol. The van der Waals surface area contributed by atoms with Crippen LogP contribution in [0.25, 0.3) is 0 Å². The van der Waals surface area contributed by atoms with Crippen molar-refractivity contribution in [2.45, 2.75) is 13.0 Å². The number of aliphatic carboxylic acids is 1. The summed E-state index contributed by atoms with van der Waals surface area (Å²) >= 11 is 0.